The van der Waals surface area contributed by atoms with Crippen LogP contribution in [0.25, 0.3) is 11.3 Å². The summed E-state index contributed by atoms with van der Waals surface area (Å²) < 4.78 is 32.4. The van der Waals surface area contributed by atoms with Crippen LogP contribution < -0.4 is 0 Å². The highest BCUT2D eigenvalue weighted by Gasteiger charge is 2.34. The largest absolute Gasteiger partial charge is 0.354 e. The van der Waals surface area contributed by atoms with E-state index in [4.69, 9.17) is 4.52 Å². The third kappa shape index (κ3) is 3.81. The van der Waals surface area contributed by atoms with Crippen LogP contribution in [0.1, 0.15) is 21.6 Å². The summed E-state index contributed by atoms with van der Waals surface area (Å²) in [5.74, 6) is -0.782. The molecule has 0 aliphatic heterocycles. The van der Waals surface area contributed by atoms with Gasteiger partial charge in [-0.1, -0.05) is 53.2 Å². The van der Waals surface area contributed by atoms with Gasteiger partial charge in [-0.3, -0.25) is 14.9 Å². The van der Waals surface area contributed by atoms with Crippen molar-refractivity contribution in [2.45, 2.75) is 16.7 Å². The zero-order valence-electron chi connectivity index (χ0n) is 16.8. The molecule has 32 heavy (non-hydrogen) atoms. The lowest BCUT2D eigenvalue weighted by Crippen LogP contribution is -2.11. The molecule has 3 aromatic carbocycles. The topological polar surface area (TPSA) is 120 Å². The number of aromatic nitrogens is 1. The standard InChI is InChI=1S/C23H16N2O6S/c1-15-7-9-16(10-8-15)21(26)20-23(32(29,30)19-5-3-2-4-6-19)22(31-24-20)17-11-13-18(14-12-17)25(27)28/h2-14H,1H3. The molecule has 9 heteroatoms. The number of ketones is 1. The maximum atomic E-state index is 13.5. The third-order valence-corrected chi connectivity index (χ3v) is 6.65. The molecule has 0 unspecified atom stereocenters. The summed E-state index contributed by atoms with van der Waals surface area (Å²) in [6.45, 7) is 1.86. The van der Waals surface area contributed by atoms with E-state index < -0.39 is 20.5 Å². The summed E-state index contributed by atoms with van der Waals surface area (Å²) >= 11 is 0. The average molecular weight is 448 g/mol. The Balaban J connectivity index is 1.93. The van der Waals surface area contributed by atoms with Crippen molar-refractivity contribution < 1.29 is 22.7 Å². The number of benzene rings is 3. The van der Waals surface area contributed by atoms with Gasteiger partial charge in [-0.2, -0.15) is 0 Å². The molecule has 0 N–H and O–H groups in total. The summed E-state index contributed by atoms with van der Waals surface area (Å²) in [6.07, 6.45) is 0. The maximum absolute atomic E-state index is 13.5. The average Bonchev–Trinajstić information content (AvgIpc) is 3.26. The SMILES string of the molecule is Cc1ccc(C(=O)c2noc(-c3ccc([N+](=O)[O-])cc3)c2S(=O)(=O)c2ccccc2)cc1. The molecule has 1 heterocycles. The van der Waals surface area contributed by atoms with E-state index in [0.29, 0.717) is 0 Å². The second-order valence-corrected chi connectivity index (χ2v) is 8.89. The van der Waals surface area contributed by atoms with Crippen LogP contribution in [0.3, 0.4) is 0 Å². The first-order valence-electron chi connectivity index (χ1n) is 9.45. The molecule has 4 rings (SSSR count). The number of carbonyl (C=O) groups excluding carboxylic acids is 1. The van der Waals surface area contributed by atoms with Crippen LogP contribution in [0.5, 0.6) is 0 Å². The lowest BCUT2D eigenvalue weighted by atomic mass is 10.1. The second-order valence-electron chi connectivity index (χ2n) is 7.01. The Kier molecular flexibility index (Phi) is 5.41. The smallest absolute Gasteiger partial charge is 0.269 e. The number of aryl methyl sites for hydroxylation is 1. The van der Waals surface area contributed by atoms with Crippen molar-refractivity contribution in [1.29, 1.82) is 0 Å². The maximum Gasteiger partial charge on any atom is 0.269 e. The van der Waals surface area contributed by atoms with E-state index in [1.54, 1.807) is 42.5 Å². The molecule has 0 fully saturated rings. The number of sulfone groups is 1. The van der Waals surface area contributed by atoms with Gasteiger partial charge in [0.2, 0.25) is 15.6 Å². The van der Waals surface area contributed by atoms with E-state index in [1.807, 2.05) is 6.92 Å². The van der Waals surface area contributed by atoms with Gasteiger partial charge in [0, 0.05) is 23.3 Å². The number of carbonyl (C=O) groups is 1. The van der Waals surface area contributed by atoms with E-state index >= 15 is 0 Å². The summed E-state index contributed by atoms with van der Waals surface area (Å²) in [5, 5.41) is 14.8. The molecule has 0 radical (unpaired) electrons. The summed E-state index contributed by atoms with van der Waals surface area (Å²) in [5.41, 5.74) is 0.900. The predicted molar refractivity (Wildman–Crippen MR) is 115 cm³/mol. The van der Waals surface area contributed by atoms with Crippen molar-refractivity contribution in [3.8, 4) is 11.3 Å². The number of rotatable bonds is 6. The molecule has 0 saturated heterocycles. The Hall–Kier alpha value is -4.11. The summed E-state index contributed by atoms with van der Waals surface area (Å²) in [7, 11) is -4.20. The van der Waals surface area contributed by atoms with Gasteiger partial charge >= 0.3 is 0 Å². The fourth-order valence-corrected chi connectivity index (χ4v) is 4.69. The molecule has 0 aliphatic carbocycles. The Morgan fingerprint density at radius 3 is 2.16 bits per heavy atom. The number of nitrogens with zero attached hydrogens (tertiary/aromatic N) is 2. The number of nitro benzene ring substituents is 1. The molecule has 4 aromatic rings. The zero-order valence-corrected chi connectivity index (χ0v) is 17.6. The quantitative estimate of drug-likeness (QED) is 0.240. The minimum absolute atomic E-state index is 0.0377. The van der Waals surface area contributed by atoms with Crippen LogP contribution >= 0.6 is 0 Å². The van der Waals surface area contributed by atoms with Crippen molar-refractivity contribution in [1.82, 2.24) is 5.16 Å². The van der Waals surface area contributed by atoms with Crippen LogP contribution in [0.15, 0.2) is 93.2 Å². The second kappa shape index (κ2) is 8.20. The Labute approximate surface area is 183 Å². The summed E-state index contributed by atoms with van der Waals surface area (Å²) in [4.78, 5) is 23.1. The molecular weight excluding hydrogens is 432 g/mol. The van der Waals surface area contributed by atoms with Crippen LogP contribution in [0.2, 0.25) is 0 Å². The molecule has 0 spiro atoms. The van der Waals surface area contributed by atoms with Crippen LogP contribution in [0, 0.1) is 17.0 Å². The van der Waals surface area contributed by atoms with Gasteiger partial charge in [0.05, 0.1) is 9.82 Å². The van der Waals surface area contributed by atoms with Gasteiger partial charge in [0.15, 0.2) is 16.3 Å². The van der Waals surface area contributed by atoms with Crippen LogP contribution in [-0.2, 0) is 9.84 Å². The van der Waals surface area contributed by atoms with E-state index in [1.165, 1.54) is 36.4 Å². The van der Waals surface area contributed by atoms with Gasteiger partial charge in [-0.25, -0.2) is 8.42 Å². The number of hydrogen-bond donors (Lipinski definition) is 0. The number of non-ortho nitro benzene ring substituents is 1. The van der Waals surface area contributed by atoms with E-state index in [2.05, 4.69) is 5.16 Å². The van der Waals surface area contributed by atoms with Crippen molar-refractivity contribution in [3.63, 3.8) is 0 Å². The summed E-state index contributed by atoms with van der Waals surface area (Å²) in [6, 6.07) is 19.4. The van der Waals surface area contributed by atoms with Crippen molar-refractivity contribution in [3.05, 3.63) is 106 Å². The predicted octanol–water partition coefficient (Wildman–Crippen LogP) is 4.62. The van der Waals surface area contributed by atoms with Crippen LogP contribution in [0.4, 0.5) is 5.69 Å². The fraction of sp³-hybridized carbons (Fsp3) is 0.0435. The lowest BCUT2D eigenvalue weighted by molar-refractivity contribution is -0.384. The van der Waals surface area contributed by atoms with Crippen LogP contribution in [-0.4, -0.2) is 24.3 Å². The monoisotopic (exact) mass is 448 g/mol. The minimum Gasteiger partial charge on any atom is -0.354 e. The van der Waals surface area contributed by atoms with Gasteiger partial charge < -0.3 is 4.52 Å². The Morgan fingerprint density at radius 1 is 0.938 bits per heavy atom. The molecule has 0 saturated carbocycles. The van der Waals surface area contributed by atoms with Crippen molar-refractivity contribution >= 4 is 21.3 Å². The van der Waals surface area contributed by atoms with E-state index in [-0.39, 0.29) is 38.1 Å². The molecule has 0 amide bonds. The Bertz CT molecular complexity index is 1410. The zero-order chi connectivity index (χ0) is 22.9. The van der Waals surface area contributed by atoms with Gasteiger partial charge in [-0.15, -0.1) is 0 Å². The molecule has 0 bridgehead atoms. The first-order valence-corrected chi connectivity index (χ1v) is 10.9. The molecule has 0 aliphatic rings. The highest BCUT2D eigenvalue weighted by Crippen LogP contribution is 2.36. The van der Waals surface area contributed by atoms with Crippen molar-refractivity contribution in [2.24, 2.45) is 0 Å². The normalized spacial score (nSPS) is 11.3. The third-order valence-electron chi connectivity index (χ3n) is 4.84. The first kappa shape index (κ1) is 21.1. The number of hydrogen-bond acceptors (Lipinski definition) is 7. The van der Waals surface area contributed by atoms with E-state index in [0.717, 1.165) is 5.56 Å². The van der Waals surface area contributed by atoms with E-state index in [9.17, 15) is 23.3 Å². The van der Waals surface area contributed by atoms with Gasteiger partial charge in [0.1, 0.15) is 0 Å². The lowest BCUT2D eigenvalue weighted by Gasteiger charge is -2.07. The molecule has 8 nitrogen and oxygen atoms in total. The van der Waals surface area contributed by atoms with Gasteiger partial charge in [-0.05, 0) is 31.2 Å². The highest BCUT2D eigenvalue weighted by atomic mass is 32.2. The molecular formula is C23H16N2O6S. The molecule has 0 atom stereocenters. The minimum atomic E-state index is -4.20. The number of nitro groups is 1. The molecule has 160 valence electrons. The fourth-order valence-electron chi connectivity index (χ4n) is 3.15. The van der Waals surface area contributed by atoms with Crippen molar-refractivity contribution in [2.75, 3.05) is 0 Å². The van der Waals surface area contributed by atoms with Gasteiger partial charge in [0.25, 0.3) is 5.69 Å². The Morgan fingerprint density at radius 2 is 1.56 bits per heavy atom. The first-order chi connectivity index (χ1) is 15.3. The molecule has 1 aromatic heterocycles. The highest BCUT2D eigenvalue weighted by molar-refractivity contribution is 7.91.